The zero-order valence-electron chi connectivity index (χ0n) is 11.6. The Morgan fingerprint density at radius 1 is 1.10 bits per heavy atom. The van der Waals surface area contributed by atoms with Crippen LogP contribution in [0.2, 0.25) is 0 Å². The Morgan fingerprint density at radius 3 is 2.20 bits per heavy atom. The molecule has 110 valence electrons. The molecule has 4 nitrogen and oxygen atoms in total. The summed E-state index contributed by atoms with van der Waals surface area (Å²) in [7, 11) is 0. The van der Waals surface area contributed by atoms with Crippen LogP contribution in [-0.2, 0) is 0 Å². The highest BCUT2D eigenvalue weighted by atomic mass is 19.1. The lowest BCUT2D eigenvalue weighted by molar-refractivity contribution is -0.384. The van der Waals surface area contributed by atoms with Gasteiger partial charge in [-0.15, -0.1) is 0 Å². The zero-order valence-corrected chi connectivity index (χ0v) is 11.6. The molecular formula is C15H21FN2O2. The van der Waals surface area contributed by atoms with Crippen molar-refractivity contribution in [2.45, 2.75) is 57.3 Å². The molecule has 0 bridgehead atoms. The summed E-state index contributed by atoms with van der Waals surface area (Å²) in [5.41, 5.74) is 5.96. The van der Waals surface area contributed by atoms with Gasteiger partial charge in [0.15, 0.2) is 0 Å². The number of nitrogen functional groups attached to an aromatic ring is 1. The Balaban J connectivity index is 2.35. The van der Waals surface area contributed by atoms with E-state index >= 15 is 0 Å². The third-order valence-corrected chi connectivity index (χ3v) is 4.11. The first kappa shape index (κ1) is 14.8. The number of nitrogens with zero attached hydrogens (tertiary/aromatic N) is 1. The number of halogens is 1. The van der Waals surface area contributed by atoms with Crippen molar-refractivity contribution >= 4 is 11.4 Å². The minimum absolute atomic E-state index is 0.0477. The molecule has 1 saturated carbocycles. The van der Waals surface area contributed by atoms with Crippen molar-refractivity contribution in [2.75, 3.05) is 5.73 Å². The van der Waals surface area contributed by atoms with Gasteiger partial charge in [-0.05, 0) is 24.8 Å². The number of benzene rings is 1. The van der Waals surface area contributed by atoms with Crippen LogP contribution in [0.15, 0.2) is 12.1 Å². The summed E-state index contributed by atoms with van der Waals surface area (Å²) in [4.78, 5) is 10.7. The van der Waals surface area contributed by atoms with Crippen molar-refractivity contribution < 1.29 is 9.31 Å². The molecular weight excluding hydrogens is 259 g/mol. The lowest BCUT2D eigenvalue weighted by Gasteiger charge is -2.17. The minimum atomic E-state index is -0.483. The quantitative estimate of drug-likeness (QED) is 0.491. The second-order valence-electron chi connectivity index (χ2n) is 5.59. The molecule has 1 aromatic carbocycles. The molecule has 2 rings (SSSR count). The highest BCUT2D eigenvalue weighted by molar-refractivity contribution is 5.63. The summed E-state index contributed by atoms with van der Waals surface area (Å²) < 4.78 is 13.6. The Bertz CT molecular complexity index is 481. The monoisotopic (exact) mass is 280 g/mol. The largest absolute Gasteiger partial charge is 0.393 e. The lowest BCUT2D eigenvalue weighted by atomic mass is 9.88. The van der Waals surface area contributed by atoms with Crippen molar-refractivity contribution in [2.24, 2.45) is 0 Å². The van der Waals surface area contributed by atoms with Gasteiger partial charge in [-0.1, -0.05) is 38.5 Å². The fourth-order valence-corrected chi connectivity index (χ4v) is 3.11. The molecule has 0 heterocycles. The van der Waals surface area contributed by atoms with E-state index in [1.54, 1.807) is 0 Å². The second kappa shape index (κ2) is 6.68. The number of hydrogen-bond acceptors (Lipinski definition) is 3. The third kappa shape index (κ3) is 3.46. The van der Waals surface area contributed by atoms with Crippen LogP contribution in [0.5, 0.6) is 0 Å². The first-order valence-corrected chi connectivity index (χ1v) is 7.33. The molecule has 20 heavy (non-hydrogen) atoms. The third-order valence-electron chi connectivity index (χ3n) is 4.11. The molecule has 0 unspecified atom stereocenters. The van der Waals surface area contributed by atoms with Crippen LogP contribution in [0.3, 0.4) is 0 Å². The molecule has 0 aromatic heterocycles. The zero-order chi connectivity index (χ0) is 14.5. The van der Waals surface area contributed by atoms with Crippen molar-refractivity contribution in [1.82, 2.24) is 0 Å². The second-order valence-corrected chi connectivity index (χ2v) is 5.59. The van der Waals surface area contributed by atoms with Crippen LogP contribution >= 0.6 is 0 Å². The molecule has 1 aliphatic carbocycles. The molecule has 1 fully saturated rings. The average molecular weight is 280 g/mol. The van der Waals surface area contributed by atoms with E-state index in [1.807, 2.05) is 0 Å². The molecule has 2 N–H and O–H groups in total. The maximum absolute atomic E-state index is 13.6. The van der Waals surface area contributed by atoms with Crippen LogP contribution in [0.4, 0.5) is 15.8 Å². The number of nitrogens with two attached hydrogens (primary N) is 1. The SMILES string of the molecule is Nc1cc(F)cc(C2CCCCCCCC2)c1[N+](=O)[O-]. The van der Waals surface area contributed by atoms with E-state index in [4.69, 9.17) is 5.73 Å². The Kier molecular flexibility index (Phi) is 4.93. The summed E-state index contributed by atoms with van der Waals surface area (Å²) in [5, 5.41) is 11.2. The summed E-state index contributed by atoms with van der Waals surface area (Å²) in [5.74, 6) is -0.436. The fourth-order valence-electron chi connectivity index (χ4n) is 3.11. The fraction of sp³-hybridized carbons (Fsp3) is 0.600. The van der Waals surface area contributed by atoms with Gasteiger partial charge < -0.3 is 5.73 Å². The van der Waals surface area contributed by atoms with E-state index < -0.39 is 10.7 Å². The summed E-state index contributed by atoms with van der Waals surface area (Å²) >= 11 is 0. The molecule has 0 amide bonds. The van der Waals surface area contributed by atoms with E-state index in [-0.39, 0.29) is 17.3 Å². The van der Waals surface area contributed by atoms with Crippen molar-refractivity contribution in [3.8, 4) is 0 Å². The number of nitro benzene ring substituents is 1. The number of anilines is 1. The van der Waals surface area contributed by atoms with Gasteiger partial charge in [-0.2, -0.15) is 0 Å². The van der Waals surface area contributed by atoms with E-state index in [0.717, 1.165) is 44.6 Å². The molecule has 5 heteroatoms. The molecule has 0 radical (unpaired) electrons. The molecule has 0 aliphatic heterocycles. The topological polar surface area (TPSA) is 69.2 Å². The van der Waals surface area contributed by atoms with Gasteiger partial charge in [0.1, 0.15) is 11.5 Å². The highest BCUT2D eigenvalue weighted by Gasteiger charge is 2.26. The molecule has 0 atom stereocenters. The number of hydrogen-bond donors (Lipinski definition) is 1. The van der Waals surface area contributed by atoms with Crippen LogP contribution in [0, 0.1) is 15.9 Å². The summed E-state index contributed by atoms with van der Waals surface area (Å²) in [6.07, 6.45) is 8.58. The van der Waals surface area contributed by atoms with E-state index in [9.17, 15) is 14.5 Å². The normalized spacial score (nSPS) is 18.1. The highest BCUT2D eigenvalue weighted by Crippen LogP contribution is 2.38. The van der Waals surface area contributed by atoms with Crippen LogP contribution in [0.1, 0.15) is 62.8 Å². The summed E-state index contributed by atoms with van der Waals surface area (Å²) in [6.45, 7) is 0. The van der Waals surface area contributed by atoms with Gasteiger partial charge in [-0.25, -0.2) is 4.39 Å². The van der Waals surface area contributed by atoms with E-state index in [1.165, 1.54) is 18.9 Å². The van der Waals surface area contributed by atoms with Gasteiger partial charge >= 0.3 is 0 Å². The van der Waals surface area contributed by atoms with E-state index in [0.29, 0.717) is 5.56 Å². The minimum Gasteiger partial charge on any atom is -0.393 e. The van der Waals surface area contributed by atoms with Gasteiger partial charge in [0.05, 0.1) is 4.92 Å². The van der Waals surface area contributed by atoms with E-state index in [2.05, 4.69) is 0 Å². The maximum atomic E-state index is 13.6. The van der Waals surface area contributed by atoms with Crippen LogP contribution in [-0.4, -0.2) is 4.92 Å². The van der Waals surface area contributed by atoms with Crippen LogP contribution < -0.4 is 5.73 Å². The van der Waals surface area contributed by atoms with Crippen molar-refractivity contribution in [3.05, 3.63) is 33.6 Å². The van der Waals surface area contributed by atoms with Gasteiger partial charge in [0, 0.05) is 11.6 Å². The number of nitro groups is 1. The Hall–Kier alpha value is -1.65. The lowest BCUT2D eigenvalue weighted by Crippen LogP contribution is -2.07. The number of rotatable bonds is 2. The Morgan fingerprint density at radius 2 is 1.65 bits per heavy atom. The molecule has 1 aliphatic rings. The van der Waals surface area contributed by atoms with Crippen molar-refractivity contribution in [3.63, 3.8) is 0 Å². The predicted octanol–water partition coefficient (Wildman–Crippen LogP) is 4.53. The standard InChI is InChI=1S/C15H21FN2O2/c16-12-9-13(15(18(19)20)14(17)10-12)11-7-5-3-1-2-4-6-8-11/h9-11H,1-8,17H2. The first-order chi connectivity index (χ1) is 9.59. The maximum Gasteiger partial charge on any atom is 0.295 e. The smallest absolute Gasteiger partial charge is 0.295 e. The Labute approximate surface area is 118 Å². The van der Waals surface area contributed by atoms with Gasteiger partial charge in [0.2, 0.25) is 0 Å². The van der Waals surface area contributed by atoms with Crippen LogP contribution in [0.25, 0.3) is 0 Å². The summed E-state index contributed by atoms with van der Waals surface area (Å²) in [6, 6.07) is 2.34. The van der Waals surface area contributed by atoms with Gasteiger partial charge in [-0.3, -0.25) is 10.1 Å². The molecule has 0 spiro atoms. The van der Waals surface area contributed by atoms with Crippen molar-refractivity contribution in [1.29, 1.82) is 0 Å². The van der Waals surface area contributed by atoms with Gasteiger partial charge in [0.25, 0.3) is 5.69 Å². The average Bonchev–Trinajstić information content (AvgIpc) is 2.50. The predicted molar refractivity (Wildman–Crippen MR) is 77.1 cm³/mol. The molecule has 1 aromatic rings. The molecule has 0 saturated heterocycles. The first-order valence-electron chi connectivity index (χ1n) is 7.33.